The molecule has 0 aliphatic rings. The molecule has 0 bridgehead atoms. The number of benzene rings is 3. The van der Waals surface area contributed by atoms with Crippen molar-refractivity contribution in [1.82, 2.24) is 9.66 Å². The van der Waals surface area contributed by atoms with Crippen LogP contribution in [0.4, 0.5) is 5.69 Å². The predicted molar refractivity (Wildman–Crippen MR) is 136 cm³/mol. The van der Waals surface area contributed by atoms with E-state index < -0.39 is 4.92 Å². The van der Waals surface area contributed by atoms with Crippen molar-refractivity contribution in [3.63, 3.8) is 0 Å². The smallest absolute Gasteiger partial charge is 0.282 e. The summed E-state index contributed by atoms with van der Waals surface area (Å²) in [5, 5.41) is 16.0. The number of methoxy groups -OCH3 is 1. The van der Waals surface area contributed by atoms with Gasteiger partial charge in [-0.05, 0) is 35.9 Å². The minimum absolute atomic E-state index is 0.0187. The van der Waals surface area contributed by atoms with Gasteiger partial charge in [-0.25, -0.2) is 4.98 Å². The summed E-state index contributed by atoms with van der Waals surface area (Å²) in [6.45, 7) is 1.98. The molecule has 1 aromatic heterocycles. The fraction of sp³-hybridized carbons (Fsp3) is 0.160. The maximum Gasteiger partial charge on any atom is 0.282 e. The number of hydrogen-bond acceptors (Lipinski definition) is 7. The number of nitro groups is 1. The molecule has 9 nitrogen and oxygen atoms in total. The Balaban J connectivity index is 1.71. The lowest BCUT2D eigenvalue weighted by Crippen LogP contribution is -2.22. The zero-order valence-electron chi connectivity index (χ0n) is 19.0. The molecule has 10 heteroatoms. The molecule has 0 N–H and O–H groups in total. The second kappa shape index (κ2) is 10.5. The van der Waals surface area contributed by atoms with Gasteiger partial charge in [0.15, 0.2) is 11.5 Å². The van der Waals surface area contributed by atoms with Crippen LogP contribution in [0.2, 0.25) is 0 Å². The maximum absolute atomic E-state index is 13.2. The second-order valence-electron chi connectivity index (χ2n) is 7.50. The van der Waals surface area contributed by atoms with E-state index in [0.29, 0.717) is 45.8 Å². The van der Waals surface area contributed by atoms with Crippen molar-refractivity contribution in [1.29, 1.82) is 0 Å². The number of aromatic nitrogens is 2. The Hall–Kier alpha value is -4.05. The molecule has 0 aliphatic carbocycles. The fourth-order valence-electron chi connectivity index (χ4n) is 3.53. The van der Waals surface area contributed by atoms with E-state index >= 15 is 0 Å². The first kappa shape index (κ1) is 24.1. The third kappa shape index (κ3) is 5.22. The normalized spacial score (nSPS) is 11.2. The highest BCUT2D eigenvalue weighted by atomic mass is 79.9. The fourth-order valence-corrected chi connectivity index (χ4v) is 3.89. The van der Waals surface area contributed by atoms with Gasteiger partial charge in [0.2, 0.25) is 0 Å². The summed E-state index contributed by atoms with van der Waals surface area (Å²) in [7, 11) is 1.52. The Morgan fingerprint density at radius 2 is 1.97 bits per heavy atom. The molecule has 0 saturated heterocycles. The van der Waals surface area contributed by atoms with Crippen LogP contribution >= 0.6 is 15.9 Å². The number of nitrogens with zero attached hydrogens (tertiary/aromatic N) is 4. The van der Waals surface area contributed by atoms with Crippen molar-refractivity contribution in [3.05, 3.63) is 103 Å². The lowest BCUT2D eigenvalue weighted by atomic mass is 10.2. The van der Waals surface area contributed by atoms with Crippen LogP contribution in [-0.4, -0.2) is 27.9 Å². The van der Waals surface area contributed by atoms with Gasteiger partial charge >= 0.3 is 0 Å². The van der Waals surface area contributed by atoms with Gasteiger partial charge in [-0.15, -0.1) is 0 Å². The number of rotatable bonds is 8. The molecule has 0 spiro atoms. The van der Waals surface area contributed by atoms with E-state index in [1.165, 1.54) is 30.1 Å². The standard InChI is InChI=1S/C25H21BrN4O5/c1-3-23-28-21-11-10-18(26)13-20(21)25(31)29(23)27-14-17-7-5-9-22(34-2)24(17)35-15-16-6-4-8-19(12-16)30(32)33/h4-14H,3,15H2,1-2H3. The SMILES string of the molecule is CCc1nc2ccc(Br)cc2c(=O)n1N=Cc1cccc(OC)c1OCc1cccc([N+](=O)[O-])c1. The zero-order chi connectivity index (χ0) is 24.9. The molecule has 0 fully saturated rings. The number of fused-ring (bicyclic) bond motifs is 1. The van der Waals surface area contributed by atoms with E-state index in [1.807, 2.05) is 13.0 Å². The minimum Gasteiger partial charge on any atom is -0.493 e. The Labute approximate surface area is 208 Å². The number of non-ortho nitro benzene ring substituents is 1. The molecular formula is C25H21BrN4O5. The molecule has 35 heavy (non-hydrogen) atoms. The van der Waals surface area contributed by atoms with Crippen molar-refractivity contribution in [2.75, 3.05) is 7.11 Å². The number of hydrogen-bond donors (Lipinski definition) is 0. The third-order valence-electron chi connectivity index (χ3n) is 5.24. The summed E-state index contributed by atoms with van der Waals surface area (Å²) >= 11 is 3.39. The summed E-state index contributed by atoms with van der Waals surface area (Å²) in [6, 6.07) is 16.8. The Bertz CT molecular complexity index is 1500. The molecule has 0 radical (unpaired) electrons. The van der Waals surface area contributed by atoms with Crippen LogP contribution in [0.25, 0.3) is 10.9 Å². The molecule has 0 unspecified atom stereocenters. The number of halogens is 1. The summed E-state index contributed by atoms with van der Waals surface area (Å²) in [4.78, 5) is 28.4. The van der Waals surface area contributed by atoms with Crippen LogP contribution in [0, 0.1) is 10.1 Å². The van der Waals surface area contributed by atoms with Crippen molar-refractivity contribution >= 4 is 38.7 Å². The molecule has 1 heterocycles. The third-order valence-corrected chi connectivity index (χ3v) is 5.73. The molecule has 0 atom stereocenters. The van der Waals surface area contributed by atoms with Crippen LogP contribution in [0.5, 0.6) is 11.5 Å². The molecule has 0 amide bonds. The van der Waals surface area contributed by atoms with Crippen LogP contribution in [-0.2, 0) is 13.0 Å². The largest absolute Gasteiger partial charge is 0.493 e. The first-order chi connectivity index (χ1) is 16.9. The van der Waals surface area contributed by atoms with Gasteiger partial charge in [-0.1, -0.05) is 41.1 Å². The van der Waals surface area contributed by atoms with E-state index in [9.17, 15) is 14.9 Å². The van der Waals surface area contributed by atoms with Gasteiger partial charge in [0, 0.05) is 28.6 Å². The van der Waals surface area contributed by atoms with Gasteiger partial charge in [0.05, 0.1) is 29.2 Å². The molecular weight excluding hydrogens is 516 g/mol. The van der Waals surface area contributed by atoms with Crippen molar-refractivity contribution in [2.24, 2.45) is 5.10 Å². The van der Waals surface area contributed by atoms with E-state index in [4.69, 9.17) is 9.47 Å². The average molecular weight is 537 g/mol. The zero-order valence-corrected chi connectivity index (χ0v) is 20.6. The van der Waals surface area contributed by atoms with Crippen molar-refractivity contribution < 1.29 is 14.4 Å². The number of para-hydroxylation sites is 1. The van der Waals surface area contributed by atoms with E-state index in [2.05, 4.69) is 26.0 Å². The van der Waals surface area contributed by atoms with Gasteiger partial charge in [-0.2, -0.15) is 9.78 Å². The van der Waals surface area contributed by atoms with Gasteiger partial charge in [0.1, 0.15) is 12.4 Å². The summed E-state index contributed by atoms with van der Waals surface area (Å²) < 4.78 is 13.5. The topological polar surface area (TPSA) is 109 Å². The summed E-state index contributed by atoms with van der Waals surface area (Å²) in [5.74, 6) is 1.37. The van der Waals surface area contributed by atoms with Crippen molar-refractivity contribution in [2.45, 2.75) is 20.0 Å². The molecule has 4 rings (SSSR count). The summed E-state index contributed by atoms with van der Waals surface area (Å²) in [5.41, 5.74) is 1.49. The van der Waals surface area contributed by atoms with Gasteiger partial charge < -0.3 is 9.47 Å². The van der Waals surface area contributed by atoms with Crippen LogP contribution in [0.15, 0.2) is 75.0 Å². The lowest BCUT2D eigenvalue weighted by molar-refractivity contribution is -0.384. The molecule has 3 aromatic carbocycles. The molecule has 0 aliphatic heterocycles. The van der Waals surface area contributed by atoms with Gasteiger partial charge in [0.25, 0.3) is 11.2 Å². The van der Waals surface area contributed by atoms with Crippen LogP contribution in [0.1, 0.15) is 23.9 Å². The van der Waals surface area contributed by atoms with Gasteiger partial charge in [-0.3, -0.25) is 14.9 Å². The highest BCUT2D eigenvalue weighted by molar-refractivity contribution is 9.10. The van der Waals surface area contributed by atoms with E-state index in [1.54, 1.807) is 42.5 Å². The number of nitro benzene ring substituents is 1. The van der Waals surface area contributed by atoms with Crippen LogP contribution in [0.3, 0.4) is 0 Å². The lowest BCUT2D eigenvalue weighted by Gasteiger charge is -2.13. The molecule has 0 saturated carbocycles. The average Bonchev–Trinajstić information content (AvgIpc) is 2.87. The highest BCUT2D eigenvalue weighted by Gasteiger charge is 2.13. The quantitative estimate of drug-likeness (QED) is 0.176. The number of ether oxygens (including phenoxy) is 2. The first-order valence-electron chi connectivity index (χ1n) is 10.7. The maximum atomic E-state index is 13.2. The summed E-state index contributed by atoms with van der Waals surface area (Å²) in [6.07, 6.45) is 2.02. The predicted octanol–water partition coefficient (Wildman–Crippen LogP) is 5.10. The van der Waals surface area contributed by atoms with E-state index in [0.717, 1.165) is 4.47 Å². The van der Waals surface area contributed by atoms with Crippen molar-refractivity contribution in [3.8, 4) is 11.5 Å². The van der Waals surface area contributed by atoms with E-state index in [-0.39, 0.29) is 17.9 Å². The number of aryl methyl sites for hydroxylation is 1. The highest BCUT2D eigenvalue weighted by Crippen LogP contribution is 2.31. The monoisotopic (exact) mass is 536 g/mol. The first-order valence-corrected chi connectivity index (χ1v) is 11.5. The molecule has 178 valence electrons. The second-order valence-corrected chi connectivity index (χ2v) is 8.41. The Morgan fingerprint density at radius 1 is 1.17 bits per heavy atom. The van der Waals surface area contributed by atoms with Crippen LogP contribution < -0.4 is 15.0 Å². The Morgan fingerprint density at radius 3 is 2.71 bits per heavy atom. The minimum atomic E-state index is -0.454. The molecule has 4 aromatic rings. The Kier molecular flexibility index (Phi) is 7.21.